The first-order valence-electron chi connectivity index (χ1n) is 11.3. The number of nitrogens with one attached hydrogen (secondary N) is 1. The Labute approximate surface area is 203 Å². The third kappa shape index (κ3) is 4.04. The molecule has 5 rings (SSSR count). The lowest BCUT2D eigenvalue weighted by molar-refractivity contribution is -0.140. The molecule has 0 fully saturated rings. The molecule has 1 aromatic heterocycles. The molecule has 36 heavy (non-hydrogen) atoms. The Kier molecular flexibility index (Phi) is 5.65. The number of hydrogen-bond donors (Lipinski definition) is 1. The molecule has 11 heteroatoms. The Hall–Kier alpha value is -4.02. The molecule has 186 valence electrons. The second-order valence-corrected chi connectivity index (χ2v) is 8.70. The predicted molar refractivity (Wildman–Crippen MR) is 126 cm³/mol. The number of aryl methyl sites for hydroxylation is 2. The van der Waals surface area contributed by atoms with Gasteiger partial charge in [-0.25, -0.2) is 14.4 Å². The minimum Gasteiger partial charge on any atom is -0.369 e. The summed E-state index contributed by atoms with van der Waals surface area (Å²) in [5.74, 6) is 0.504. The van der Waals surface area contributed by atoms with E-state index in [1.807, 2.05) is 10.6 Å². The standard InChI is InChI=1S/C25H22F4N6O/c1-13(16-5-4-6-19(21(16)26)25(27,28)29)31-22-18-11-17(15-7-8-20(36)34(3)12-15)23-30-9-10-35(23)24(18)33-14(2)32-22/h4-8,11-13,30H,9-10H2,1-3H3/t13-/m1/s1. The molecule has 3 aliphatic heterocycles. The highest BCUT2D eigenvalue weighted by atomic mass is 19.4. The maximum Gasteiger partial charge on any atom is 0.419 e. The smallest absolute Gasteiger partial charge is 0.369 e. The minimum absolute atomic E-state index is 0.150. The van der Waals surface area contributed by atoms with Crippen molar-refractivity contribution < 1.29 is 17.6 Å². The van der Waals surface area contributed by atoms with Crippen molar-refractivity contribution in [3.05, 3.63) is 81.2 Å². The van der Waals surface area contributed by atoms with Crippen LogP contribution < -0.4 is 16.4 Å². The fourth-order valence-electron chi connectivity index (χ4n) is 4.46. The fourth-order valence-corrected chi connectivity index (χ4v) is 4.46. The van der Waals surface area contributed by atoms with Crippen LogP contribution in [0.25, 0.3) is 22.5 Å². The quantitative estimate of drug-likeness (QED) is 0.428. The summed E-state index contributed by atoms with van der Waals surface area (Å²) < 4.78 is 58.0. The van der Waals surface area contributed by atoms with Crippen LogP contribution in [-0.4, -0.2) is 25.6 Å². The highest BCUT2D eigenvalue weighted by molar-refractivity contribution is 5.81. The number of alkyl halides is 3. The molecule has 0 bridgehead atoms. The van der Waals surface area contributed by atoms with Crippen molar-refractivity contribution >= 4 is 5.82 Å². The molecule has 0 aliphatic carbocycles. The van der Waals surface area contributed by atoms with Gasteiger partial charge >= 0.3 is 6.18 Å². The summed E-state index contributed by atoms with van der Waals surface area (Å²) in [6.45, 7) is 4.51. The lowest BCUT2D eigenvalue weighted by atomic mass is 10.0. The van der Waals surface area contributed by atoms with Crippen LogP contribution in [-0.2, 0) is 19.8 Å². The largest absolute Gasteiger partial charge is 0.419 e. The summed E-state index contributed by atoms with van der Waals surface area (Å²) in [7, 11) is 1.66. The van der Waals surface area contributed by atoms with E-state index in [1.54, 1.807) is 26.2 Å². The van der Waals surface area contributed by atoms with Gasteiger partial charge < -0.3 is 14.5 Å². The number of aromatic nitrogens is 4. The monoisotopic (exact) mass is 498 g/mol. The number of pyridine rings is 2. The van der Waals surface area contributed by atoms with Crippen LogP contribution in [0.5, 0.6) is 0 Å². The van der Waals surface area contributed by atoms with Crippen LogP contribution in [0.1, 0.15) is 29.9 Å². The van der Waals surface area contributed by atoms with Crippen LogP contribution in [0.4, 0.5) is 23.4 Å². The Balaban J connectivity index is 1.73. The fraction of sp³-hybridized carbons (Fsp3) is 0.280. The third-order valence-electron chi connectivity index (χ3n) is 6.21. The van der Waals surface area contributed by atoms with Gasteiger partial charge in [-0.1, -0.05) is 12.1 Å². The maximum absolute atomic E-state index is 14.8. The first-order chi connectivity index (χ1) is 17.0. The van der Waals surface area contributed by atoms with Gasteiger partial charge in [0, 0.05) is 49.1 Å². The summed E-state index contributed by atoms with van der Waals surface area (Å²) in [6.07, 6.45) is -3.09. The molecule has 0 saturated carbocycles. The first kappa shape index (κ1) is 23.7. The predicted octanol–water partition coefficient (Wildman–Crippen LogP) is 4.30. The average Bonchev–Trinajstić information content (AvgIpc) is 3.30. The normalized spacial score (nSPS) is 14.7. The summed E-state index contributed by atoms with van der Waals surface area (Å²) in [4.78, 5) is 25.5. The molecule has 1 atom stereocenters. The molecule has 4 heterocycles. The Bertz CT molecular complexity index is 1590. The van der Waals surface area contributed by atoms with Gasteiger partial charge in [0.2, 0.25) is 5.56 Å². The van der Waals surface area contributed by atoms with Crippen molar-refractivity contribution in [2.75, 3.05) is 11.9 Å². The molecule has 7 nitrogen and oxygen atoms in total. The number of anilines is 1. The first-order valence-corrected chi connectivity index (χ1v) is 11.3. The molecule has 1 N–H and O–H groups in total. The minimum atomic E-state index is -4.81. The van der Waals surface area contributed by atoms with E-state index in [4.69, 9.17) is 0 Å². The molecular weight excluding hydrogens is 476 g/mol. The second kappa shape index (κ2) is 8.58. The Morgan fingerprint density at radius 1 is 1.14 bits per heavy atom. The van der Waals surface area contributed by atoms with Crippen molar-refractivity contribution in [3.63, 3.8) is 0 Å². The highest BCUT2D eigenvalue weighted by Gasteiger charge is 2.35. The molecule has 0 spiro atoms. The number of nitrogens with zero attached hydrogens (tertiary/aromatic N) is 5. The molecule has 3 aliphatic rings. The van der Waals surface area contributed by atoms with E-state index in [0.29, 0.717) is 36.4 Å². The van der Waals surface area contributed by atoms with Crippen LogP contribution in [0.15, 0.2) is 52.4 Å². The molecule has 0 unspecified atom stereocenters. The van der Waals surface area contributed by atoms with Gasteiger partial charge in [0.15, 0.2) is 5.49 Å². The van der Waals surface area contributed by atoms with Crippen LogP contribution >= 0.6 is 0 Å². The molecule has 0 saturated heterocycles. The Morgan fingerprint density at radius 2 is 1.92 bits per heavy atom. The topological polar surface area (TPSA) is 77.1 Å². The van der Waals surface area contributed by atoms with E-state index in [2.05, 4.69) is 20.3 Å². The van der Waals surface area contributed by atoms with Crippen molar-refractivity contribution in [2.45, 2.75) is 32.6 Å². The maximum atomic E-state index is 14.8. The average molecular weight is 498 g/mol. The van der Waals surface area contributed by atoms with Crippen molar-refractivity contribution in [1.82, 2.24) is 19.1 Å². The molecule has 0 radical (unpaired) electrons. The van der Waals surface area contributed by atoms with Gasteiger partial charge in [0.1, 0.15) is 23.3 Å². The highest BCUT2D eigenvalue weighted by Crippen LogP contribution is 2.37. The van der Waals surface area contributed by atoms with Crippen LogP contribution in [0, 0.1) is 12.7 Å². The van der Waals surface area contributed by atoms with Crippen molar-refractivity contribution in [1.29, 1.82) is 0 Å². The molecule has 1 aromatic carbocycles. The summed E-state index contributed by atoms with van der Waals surface area (Å²) in [6, 6.07) is 7.26. The number of fused-ring (bicyclic) bond motifs is 3. The number of hydrogen-bond acceptors (Lipinski definition) is 5. The van der Waals surface area contributed by atoms with Crippen molar-refractivity contribution in [3.8, 4) is 22.5 Å². The number of rotatable bonds is 3. The van der Waals surface area contributed by atoms with Gasteiger partial charge in [-0.05, 0) is 32.0 Å². The lowest BCUT2D eigenvalue weighted by Gasteiger charge is -2.19. The van der Waals surface area contributed by atoms with Gasteiger partial charge in [-0.15, -0.1) is 0 Å². The molecule has 0 amide bonds. The third-order valence-corrected chi connectivity index (χ3v) is 6.21. The summed E-state index contributed by atoms with van der Waals surface area (Å²) >= 11 is 0. The SMILES string of the molecule is Cc1nc2n3c(c(-c4ccc(=O)n(C)c4)cc-2c(=N[C@H](C)c2cccc(C(F)(F)F)c2F)n1)NCC3. The van der Waals surface area contributed by atoms with Crippen LogP contribution in [0.2, 0.25) is 0 Å². The van der Waals surface area contributed by atoms with Gasteiger partial charge in [0.05, 0.1) is 17.2 Å². The second-order valence-electron chi connectivity index (χ2n) is 8.70. The van der Waals surface area contributed by atoms with Crippen molar-refractivity contribution in [2.24, 2.45) is 12.0 Å². The molecular formula is C25H22F4N6O. The zero-order valence-electron chi connectivity index (χ0n) is 19.7. The Morgan fingerprint density at radius 3 is 2.64 bits per heavy atom. The lowest BCUT2D eigenvalue weighted by Crippen LogP contribution is -2.21. The van der Waals surface area contributed by atoms with Crippen LogP contribution in [0.3, 0.4) is 0 Å². The zero-order chi connectivity index (χ0) is 25.8. The van der Waals surface area contributed by atoms with E-state index in [1.165, 1.54) is 29.7 Å². The van der Waals surface area contributed by atoms with Gasteiger partial charge in [-0.2, -0.15) is 13.2 Å². The zero-order valence-corrected chi connectivity index (χ0v) is 19.7. The van der Waals surface area contributed by atoms with E-state index >= 15 is 0 Å². The van der Waals surface area contributed by atoms with E-state index in [-0.39, 0.29) is 16.6 Å². The molecule has 2 aromatic rings. The summed E-state index contributed by atoms with van der Waals surface area (Å²) in [5.41, 5.74) is 0.720. The van der Waals surface area contributed by atoms with E-state index in [0.717, 1.165) is 16.9 Å². The summed E-state index contributed by atoms with van der Waals surface area (Å²) in [5, 5.41) is 3.36. The number of halogens is 4. The van der Waals surface area contributed by atoms with Gasteiger partial charge in [-0.3, -0.25) is 9.79 Å². The van der Waals surface area contributed by atoms with E-state index < -0.39 is 23.6 Å². The van der Waals surface area contributed by atoms with Gasteiger partial charge in [0.25, 0.3) is 0 Å². The number of benzene rings is 1. The van der Waals surface area contributed by atoms with E-state index in [9.17, 15) is 22.4 Å².